The molecule has 3 aromatic rings. The lowest BCUT2D eigenvalue weighted by Crippen LogP contribution is -2.48. The molecule has 9 nitrogen and oxygen atoms in total. The summed E-state index contributed by atoms with van der Waals surface area (Å²) in [6.45, 7) is 3.71. The van der Waals surface area contributed by atoms with Gasteiger partial charge in [0.05, 0.1) is 29.6 Å². The van der Waals surface area contributed by atoms with Gasteiger partial charge in [0, 0.05) is 50.1 Å². The number of hydrogen-bond donors (Lipinski definition) is 0. The lowest BCUT2D eigenvalue weighted by molar-refractivity contribution is -0.125. The number of piperazine rings is 1. The van der Waals surface area contributed by atoms with Gasteiger partial charge in [0.2, 0.25) is 0 Å². The van der Waals surface area contributed by atoms with E-state index in [0.29, 0.717) is 49.6 Å². The van der Waals surface area contributed by atoms with Gasteiger partial charge in [-0.15, -0.1) is 6.42 Å². The average molecular weight is 471 g/mol. The number of carbonyl (C=O) groups is 1. The molecule has 2 aliphatic rings. The second-order valence-electron chi connectivity index (χ2n) is 8.68. The Kier molecular flexibility index (Phi) is 6.51. The van der Waals surface area contributed by atoms with Crippen LogP contribution >= 0.6 is 0 Å². The maximum Gasteiger partial charge on any atom is 0.298 e. The first-order chi connectivity index (χ1) is 17.2. The van der Waals surface area contributed by atoms with E-state index in [1.165, 1.54) is 0 Å². The van der Waals surface area contributed by atoms with Gasteiger partial charge in [0.25, 0.3) is 5.91 Å². The number of rotatable bonds is 5. The highest BCUT2D eigenvalue weighted by atomic mass is 16.5. The van der Waals surface area contributed by atoms with Crippen LogP contribution in [-0.2, 0) is 9.53 Å². The number of terminal acetylenes is 1. The first kappa shape index (κ1) is 22.7. The SMILES string of the molecule is C#CC(=O)N1CCN(c2ccc(-c3cc(OCC4CCCCO4)cn4ncc(C#N)c34)cn2)CC1. The van der Waals surface area contributed by atoms with E-state index in [4.69, 9.17) is 15.9 Å². The van der Waals surface area contributed by atoms with Crippen LogP contribution in [0.15, 0.2) is 36.8 Å². The van der Waals surface area contributed by atoms with Gasteiger partial charge in [-0.1, -0.05) is 0 Å². The molecule has 0 aromatic carbocycles. The standard InChI is InChI=1S/C26H26N6O3/c1-2-25(33)31-10-8-30(9-11-31)24-7-6-19(15-28-24)23-13-22(35-18-21-5-3-4-12-34-21)17-32-26(23)20(14-27)16-29-32/h1,6-7,13,15-17,21H,3-5,8-12,18H2. The van der Waals surface area contributed by atoms with E-state index in [1.807, 2.05) is 18.2 Å². The van der Waals surface area contributed by atoms with Crippen molar-refractivity contribution in [1.29, 1.82) is 5.26 Å². The Hall–Kier alpha value is -4.08. The molecular weight excluding hydrogens is 444 g/mol. The lowest BCUT2D eigenvalue weighted by Gasteiger charge is -2.34. The predicted molar refractivity (Wildman–Crippen MR) is 130 cm³/mol. The summed E-state index contributed by atoms with van der Waals surface area (Å²) < 4.78 is 13.5. The largest absolute Gasteiger partial charge is 0.489 e. The minimum absolute atomic E-state index is 0.0903. The Morgan fingerprint density at radius 1 is 1.23 bits per heavy atom. The predicted octanol–water partition coefficient (Wildman–Crippen LogP) is 2.50. The maximum absolute atomic E-state index is 11.7. The Morgan fingerprint density at radius 2 is 2.09 bits per heavy atom. The van der Waals surface area contributed by atoms with Crippen LogP contribution in [0.25, 0.3) is 16.6 Å². The van der Waals surface area contributed by atoms with Crippen molar-refractivity contribution in [3.63, 3.8) is 0 Å². The van der Waals surface area contributed by atoms with Crippen LogP contribution in [0.3, 0.4) is 0 Å². The van der Waals surface area contributed by atoms with Crippen molar-refractivity contribution in [1.82, 2.24) is 19.5 Å². The maximum atomic E-state index is 11.7. The van der Waals surface area contributed by atoms with Gasteiger partial charge in [0.15, 0.2) is 0 Å². The first-order valence-corrected chi connectivity index (χ1v) is 11.8. The number of aromatic nitrogens is 3. The number of ether oxygens (including phenoxy) is 2. The number of anilines is 1. The summed E-state index contributed by atoms with van der Waals surface area (Å²) >= 11 is 0. The summed E-state index contributed by atoms with van der Waals surface area (Å²) in [5.74, 6) is 3.39. The van der Waals surface area contributed by atoms with Crippen molar-refractivity contribution in [3.05, 3.63) is 42.4 Å². The molecule has 0 aliphatic carbocycles. The fourth-order valence-electron chi connectivity index (χ4n) is 4.57. The van der Waals surface area contributed by atoms with Crippen LogP contribution in [0, 0.1) is 23.7 Å². The molecular formula is C26H26N6O3. The Labute approximate surface area is 203 Å². The van der Waals surface area contributed by atoms with Gasteiger partial charge < -0.3 is 19.3 Å². The van der Waals surface area contributed by atoms with E-state index in [1.54, 1.807) is 28.0 Å². The first-order valence-electron chi connectivity index (χ1n) is 11.8. The topological polar surface area (TPSA) is 96.0 Å². The highest BCUT2D eigenvalue weighted by Crippen LogP contribution is 2.31. The summed E-state index contributed by atoms with van der Waals surface area (Å²) in [6, 6.07) is 8.10. The third kappa shape index (κ3) is 4.77. The number of amides is 1. The Balaban J connectivity index is 1.38. The monoisotopic (exact) mass is 470 g/mol. The van der Waals surface area contributed by atoms with Crippen LogP contribution in [0.4, 0.5) is 5.82 Å². The van der Waals surface area contributed by atoms with E-state index < -0.39 is 0 Å². The zero-order valence-electron chi connectivity index (χ0n) is 19.4. The van der Waals surface area contributed by atoms with Crippen LogP contribution < -0.4 is 9.64 Å². The summed E-state index contributed by atoms with van der Waals surface area (Å²) in [5, 5.41) is 14.0. The van der Waals surface area contributed by atoms with E-state index in [0.717, 1.165) is 42.8 Å². The zero-order valence-corrected chi connectivity index (χ0v) is 19.4. The van der Waals surface area contributed by atoms with Crippen molar-refractivity contribution < 1.29 is 14.3 Å². The van der Waals surface area contributed by atoms with E-state index in [-0.39, 0.29) is 12.0 Å². The highest BCUT2D eigenvalue weighted by Gasteiger charge is 2.21. The number of fused-ring (bicyclic) bond motifs is 1. The van der Waals surface area contributed by atoms with E-state index in [9.17, 15) is 10.1 Å². The Bertz CT molecular complexity index is 1290. The minimum Gasteiger partial charge on any atom is -0.489 e. The Morgan fingerprint density at radius 3 is 2.77 bits per heavy atom. The molecule has 3 aromatic heterocycles. The second kappa shape index (κ2) is 10.0. The highest BCUT2D eigenvalue weighted by molar-refractivity contribution is 5.93. The van der Waals surface area contributed by atoms with Gasteiger partial charge in [-0.2, -0.15) is 10.4 Å². The third-order valence-electron chi connectivity index (χ3n) is 6.49. The molecule has 9 heteroatoms. The molecule has 5 heterocycles. The summed E-state index contributed by atoms with van der Waals surface area (Å²) in [5.41, 5.74) is 2.88. The van der Waals surface area contributed by atoms with Crippen molar-refractivity contribution >= 4 is 17.2 Å². The summed E-state index contributed by atoms with van der Waals surface area (Å²) in [6.07, 6.45) is 13.7. The fourth-order valence-corrected chi connectivity index (χ4v) is 4.57. The molecule has 1 amide bonds. The molecule has 2 aliphatic heterocycles. The van der Waals surface area contributed by atoms with E-state index in [2.05, 4.69) is 27.0 Å². The number of nitrogens with zero attached hydrogens (tertiary/aromatic N) is 6. The van der Waals surface area contributed by atoms with Gasteiger partial charge in [-0.25, -0.2) is 9.50 Å². The fraction of sp³-hybridized carbons (Fsp3) is 0.385. The van der Waals surface area contributed by atoms with Crippen LogP contribution in [0.2, 0.25) is 0 Å². The van der Waals surface area contributed by atoms with Gasteiger partial charge in [-0.05, 0) is 43.4 Å². The lowest BCUT2D eigenvalue weighted by atomic mass is 10.1. The minimum atomic E-state index is -0.275. The van der Waals surface area contributed by atoms with E-state index >= 15 is 0 Å². The van der Waals surface area contributed by atoms with Gasteiger partial charge in [-0.3, -0.25) is 4.79 Å². The van der Waals surface area contributed by atoms with Crippen molar-refractivity contribution in [3.8, 4) is 35.3 Å². The molecule has 0 bridgehead atoms. The summed E-state index contributed by atoms with van der Waals surface area (Å²) in [7, 11) is 0. The van der Waals surface area contributed by atoms with Gasteiger partial charge >= 0.3 is 0 Å². The van der Waals surface area contributed by atoms with Crippen molar-refractivity contribution in [2.45, 2.75) is 25.4 Å². The van der Waals surface area contributed by atoms with Crippen LogP contribution in [-0.4, -0.2) is 70.9 Å². The van der Waals surface area contributed by atoms with Gasteiger partial charge in [0.1, 0.15) is 24.2 Å². The molecule has 0 N–H and O–H groups in total. The summed E-state index contributed by atoms with van der Waals surface area (Å²) in [4.78, 5) is 20.2. The molecule has 2 saturated heterocycles. The molecule has 0 radical (unpaired) electrons. The zero-order chi connectivity index (χ0) is 24.2. The molecule has 35 heavy (non-hydrogen) atoms. The molecule has 2 fully saturated rings. The molecule has 0 spiro atoms. The number of hydrogen-bond acceptors (Lipinski definition) is 7. The second-order valence-corrected chi connectivity index (χ2v) is 8.68. The third-order valence-corrected chi connectivity index (χ3v) is 6.49. The molecule has 1 unspecified atom stereocenters. The average Bonchev–Trinajstić information content (AvgIpc) is 3.35. The molecule has 1 atom stereocenters. The number of pyridine rings is 2. The van der Waals surface area contributed by atoms with Crippen LogP contribution in [0.1, 0.15) is 24.8 Å². The van der Waals surface area contributed by atoms with Crippen molar-refractivity contribution in [2.24, 2.45) is 0 Å². The molecule has 178 valence electrons. The quantitative estimate of drug-likeness (QED) is 0.529. The van der Waals surface area contributed by atoms with Crippen molar-refractivity contribution in [2.75, 3.05) is 44.3 Å². The number of carbonyl (C=O) groups excluding carboxylic acids is 1. The molecule has 0 saturated carbocycles. The van der Waals surface area contributed by atoms with Crippen LogP contribution in [0.5, 0.6) is 5.75 Å². The normalized spacial score (nSPS) is 18.2. The molecule has 5 rings (SSSR count). The number of nitriles is 1. The smallest absolute Gasteiger partial charge is 0.298 e.